The smallest absolute Gasteiger partial charge is 0.163 e. The molecule has 1 N–H and O–H groups in total. The summed E-state index contributed by atoms with van der Waals surface area (Å²) in [5.74, 6) is 1.63. The van der Waals surface area contributed by atoms with Crippen LogP contribution in [0, 0.1) is 17.3 Å². The normalized spacial score (nSPS) is 38.9. The second-order valence-electron chi connectivity index (χ2n) is 8.87. The van der Waals surface area contributed by atoms with Gasteiger partial charge in [0.25, 0.3) is 0 Å². The molecule has 3 rings (SSSR count). The van der Waals surface area contributed by atoms with Gasteiger partial charge >= 0.3 is 0 Å². The molecule has 0 aromatic heterocycles. The van der Waals surface area contributed by atoms with Gasteiger partial charge in [-0.25, -0.2) is 0 Å². The zero-order valence-corrected chi connectivity index (χ0v) is 14.0. The molecule has 1 saturated carbocycles. The maximum atomic E-state index is 12.6. The van der Waals surface area contributed by atoms with Crippen molar-refractivity contribution in [2.24, 2.45) is 17.3 Å². The Kier molecular flexibility index (Phi) is 3.12. The predicted molar refractivity (Wildman–Crippen MR) is 81.7 cm³/mol. The number of hydrogen-bond acceptors (Lipinski definition) is 3. The van der Waals surface area contributed by atoms with Crippen molar-refractivity contribution in [1.29, 1.82) is 0 Å². The van der Waals surface area contributed by atoms with Crippen LogP contribution in [0.4, 0.5) is 0 Å². The van der Waals surface area contributed by atoms with Gasteiger partial charge in [-0.1, -0.05) is 13.8 Å². The summed E-state index contributed by atoms with van der Waals surface area (Å²) < 4.78 is 6.30. The number of ketones is 1. The molecule has 0 bridgehead atoms. The van der Waals surface area contributed by atoms with Crippen LogP contribution in [0.1, 0.15) is 66.7 Å². The SMILES string of the molecule is CC1(C)CC(=O)C2=C(C1)O[C@]1(C)CC[C@H](C(C)(C)O)C[C@H]21. The molecule has 3 atom stereocenters. The highest BCUT2D eigenvalue weighted by atomic mass is 16.5. The summed E-state index contributed by atoms with van der Waals surface area (Å²) in [5, 5.41) is 10.3. The summed E-state index contributed by atoms with van der Waals surface area (Å²) in [6, 6.07) is 0. The summed E-state index contributed by atoms with van der Waals surface area (Å²) >= 11 is 0. The van der Waals surface area contributed by atoms with E-state index in [0.717, 1.165) is 37.0 Å². The van der Waals surface area contributed by atoms with Gasteiger partial charge in [-0.05, 0) is 51.4 Å². The largest absolute Gasteiger partial charge is 0.491 e. The van der Waals surface area contributed by atoms with Crippen LogP contribution < -0.4 is 0 Å². The summed E-state index contributed by atoms with van der Waals surface area (Å²) in [5.41, 5.74) is 0.0466. The number of aliphatic hydroxyl groups is 1. The van der Waals surface area contributed by atoms with Crippen molar-refractivity contribution in [3.8, 4) is 0 Å². The second-order valence-corrected chi connectivity index (χ2v) is 8.87. The molecular formula is C18H28O3. The summed E-state index contributed by atoms with van der Waals surface area (Å²) in [6.07, 6.45) is 4.25. The van der Waals surface area contributed by atoms with Crippen molar-refractivity contribution >= 4 is 5.78 Å². The number of carbonyl (C=O) groups excluding carboxylic acids is 1. The van der Waals surface area contributed by atoms with E-state index in [4.69, 9.17) is 4.74 Å². The van der Waals surface area contributed by atoms with Gasteiger partial charge in [0.2, 0.25) is 0 Å². The van der Waals surface area contributed by atoms with E-state index in [0.29, 0.717) is 6.42 Å². The van der Waals surface area contributed by atoms with Crippen LogP contribution in [0.5, 0.6) is 0 Å². The Morgan fingerprint density at radius 3 is 2.52 bits per heavy atom. The van der Waals surface area contributed by atoms with Crippen LogP contribution >= 0.6 is 0 Å². The lowest BCUT2D eigenvalue weighted by atomic mass is 9.63. The van der Waals surface area contributed by atoms with Gasteiger partial charge in [0, 0.05) is 24.3 Å². The van der Waals surface area contributed by atoms with Crippen molar-refractivity contribution < 1.29 is 14.6 Å². The number of hydrogen-bond donors (Lipinski definition) is 1. The van der Waals surface area contributed by atoms with Crippen LogP contribution in [0.3, 0.4) is 0 Å². The third-order valence-electron chi connectivity index (χ3n) is 5.83. The summed E-state index contributed by atoms with van der Waals surface area (Å²) in [6.45, 7) is 10.2. The first-order chi connectivity index (χ1) is 9.52. The van der Waals surface area contributed by atoms with Crippen LogP contribution in [-0.2, 0) is 9.53 Å². The van der Waals surface area contributed by atoms with Crippen molar-refractivity contribution in [3.63, 3.8) is 0 Å². The Hall–Kier alpha value is -0.830. The lowest BCUT2D eigenvalue weighted by molar-refractivity contribution is -0.119. The fourth-order valence-corrected chi connectivity index (χ4v) is 4.51. The van der Waals surface area contributed by atoms with Crippen molar-refractivity contribution in [2.45, 2.75) is 77.9 Å². The standard InChI is InChI=1S/C18H28O3/c1-16(2)9-13(19)15-12-8-11(17(3,4)20)6-7-18(12,5)21-14(15)10-16/h11-12,20H,6-10H2,1-5H3/t11-,12+,18+/m0/s1. The second kappa shape index (κ2) is 4.34. The molecule has 0 unspecified atom stereocenters. The molecule has 1 aliphatic heterocycles. The fraction of sp³-hybridized carbons (Fsp3) is 0.833. The van der Waals surface area contributed by atoms with E-state index in [-0.39, 0.29) is 28.6 Å². The van der Waals surface area contributed by atoms with Crippen LogP contribution in [0.15, 0.2) is 11.3 Å². The van der Waals surface area contributed by atoms with Crippen molar-refractivity contribution in [1.82, 2.24) is 0 Å². The van der Waals surface area contributed by atoms with Gasteiger partial charge in [-0.15, -0.1) is 0 Å². The molecule has 1 fully saturated rings. The lowest BCUT2D eigenvalue weighted by Crippen LogP contribution is -2.45. The third-order valence-corrected chi connectivity index (χ3v) is 5.83. The van der Waals surface area contributed by atoms with Gasteiger partial charge in [-0.3, -0.25) is 4.79 Å². The number of rotatable bonds is 1. The molecule has 0 spiro atoms. The zero-order valence-electron chi connectivity index (χ0n) is 14.0. The fourth-order valence-electron chi connectivity index (χ4n) is 4.51. The number of Topliss-reactive ketones (excluding diaryl/α,β-unsaturated/α-hetero) is 1. The lowest BCUT2D eigenvalue weighted by Gasteiger charge is -2.43. The van der Waals surface area contributed by atoms with E-state index in [1.54, 1.807) is 0 Å². The number of allylic oxidation sites excluding steroid dienone is 1. The van der Waals surface area contributed by atoms with Gasteiger partial charge in [-0.2, -0.15) is 0 Å². The molecule has 0 radical (unpaired) electrons. The first-order valence-electron chi connectivity index (χ1n) is 8.19. The first kappa shape index (κ1) is 15.1. The monoisotopic (exact) mass is 292 g/mol. The minimum Gasteiger partial charge on any atom is -0.491 e. The Bertz CT molecular complexity index is 509. The highest BCUT2D eigenvalue weighted by molar-refractivity contribution is 5.98. The van der Waals surface area contributed by atoms with Crippen LogP contribution in [-0.4, -0.2) is 22.1 Å². The number of carbonyl (C=O) groups is 1. The quantitative estimate of drug-likeness (QED) is 0.803. The molecule has 0 aromatic rings. The Balaban J connectivity index is 1.93. The van der Waals surface area contributed by atoms with E-state index in [1.807, 2.05) is 13.8 Å². The van der Waals surface area contributed by atoms with E-state index in [9.17, 15) is 9.90 Å². The van der Waals surface area contributed by atoms with Gasteiger partial charge in [0.15, 0.2) is 5.78 Å². The minimum absolute atomic E-state index is 0.00935. The molecule has 1 heterocycles. The van der Waals surface area contributed by atoms with Crippen LogP contribution in [0.25, 0.3) is 0 Å². The average Bonchev–Trinajstić information content (AvgIpc) is 2.56. The first-order valence-corrected chi connectivity index (χ1v) is 8.19. The van der Waals surface area contributed by atoms with Gasteiger partial charge in [0.05, 0.1) is 5.60 Å². The molecule has 2 aliphatic carbocycles. The van der Waals surface area contributed by atoms with E-state index in [1.165, 1.54) is 0 Å². The highest BCUT2D eigenvalue weighted by Gasteiger charge is 2.55. The van der Waals surface area contributed by atoms with Gasteiger partial charge in [0.1, 0.15) is 11.4 Å². The minimum atomic E-state index is -0.679. The van der Waals surface area contributed by atoms with Crippen LogP contribution in [0.2, 0.25) is 0 Å². The van der Waals surface area contributed by atoms with Gasteiger partial charge < -0.3 is 9.84 Å². The molecule has 3 heteroatoms. The van der Waals surface area contributed by atoms with E-state index >= 15 is 0 Å². The molecule has 0 aromatic carbocycles. The Morgan fingerprint density at radius 2 is 1.90 bits per heavy atom. The number of fused-ring (bicyclic) bond motifs is 2. The maximum absolute atomic E-state index is 12.6. The molecule has 118 valence electrons. The highest BCUT2D eigenvalue weighted by Crippen LogP contribution is 2.56. The average molecular weight is 292 g/mol. The van der Waals surface area contributed by atoms with E-state index in [2.05, 4.69) is 20.8 Å². The molecule has 0 saturated heterocycles. The Morgan fingerprint density at radius 1 is 1.24 bits per heavy atom. The molecule has 3 nitrogen and oxygen atoms in total. The third kappa shape index (κ3) is 2.44. The topological polar surface area (TPSA) is 46.5 Å². The maximum Gasteiger partial charge on any atom is 0.163 e. The Labute approximate surface area is 127 Å². The van der Waals surface area contributed by atoms with Crippen molar-refractivity contribution in [2.75, 3.05) is 0 Å². The molecular weight excluding hydrogens is 264 g/mol. The molecule has 3 aliphatic rings. The van der Waals surface area contributed by atoms with E-state index < -0.39 is 5.60 Å². The molecule has 0 amide bonds. The zero-order chi connectivity index (χ0) is 15.6. The summed E-state index contributed by atoms with van der Waals surface area (Å²) in [7, 11) is 0. The number of ether oxygens (including phenoxy) is 1. The van der Waals surface area contributed by atoms with Crippen molar-refractivity contribution in [3.05, 3.63) is 11.3 Å². The predicted octanol–water partition coefficient (Wildman–Crippen LogP) is 3.61. The molecule has 21 heavy (non-hydrogen) atoms. The summed E-state index contributed by atoms with van der Waals surface area (Å²) in [4.78, 5) is 12.6.